The molecule has 0 radical (unpaired) electrons. The van der Waals surface area contributed by atoms with Crippen LogP contribution in [0.2, 0.25) is 0 Å². The van der Waals surface area contributed by atoms with Crippen molar-refractivity contribution in [3.05, 3.63) is 71.8 Å². The quantitative estimate of drug-likeness (QED) is 0.370. The Morgan fingerprint density at radius 2 is 1.80 bits per heavy atom. The lowest BCUT2D eigenvalue weighted by Crippen LogP contribution is -2.58. The van der Waals surface area contributed by atoms with E-state index in [1.54, 1.807) is 57.2 Å². The number of aliphatic hydroxyl groups is 1. The van der Waals surface area contributed by atoms with Gasteiger partial charge in [-0.3, -0.25) is 0 Å². The Bertz CT molecular complexity index is 1470. The fraction of sp³-hybridized carbons (Fsp3) is 0.345. The van der Waals surface area contributed by atoms with Gasteiger partial charge in [-0.1, -0.05) is 24.3 Å². The van der Waals surface area contributed by atoms with Crippen LogP contribution >= 0.6 is 0 Å². The van der Waals surface area contributed by atoms with Crippen molar-refractivity contribution in [1.29, 1.82) is 0 Å². The molecule has 41 heavy (non-hydrogen) atoms. The van der Waals surface area contributed by atoms with E-state index >= 15 is 0 Å². The summed E-state index contributed by atoms with van der Waals surface area (Å²) >= 11 is 0. The highest BCUT2D eigenvalue weighted by Gasteiger charge is 2.51. The van der Waals surface area contributed by atoms with Gasteiger partial charge in [0.25, 0.3) is 0 Å². The number of nitrogens with zero attached hydrogens (tertiary/aromatic N) is 3. The number of alkyl carbamates (subject to hydrolysis) is 1. The summed E-state index contributed by atoms with van der Waals surface area (Å²) in [6.07, 6.45) is -4.79. The molecule has 2 aliphatic rings. The van der Waals surface area contributed by atoms with Crippen LogP contribution in [0.15, 0.2) is 60.7 Å². The van der Waals surface area contributed by atoms with E-state index in [2.05, 4.69) is 15.6 Å². The third-order valence-corrected chi connectivity index (χ3v) is 6.78. The van der Waals surface area contributed by atoms with Crippen LogP contribution in [0.3, 0.4) is 0 Å². The average molecular weight is 570 g/mol. The van der Waals surface area contributed by atoms with Crippen LogP contribution in [0.1, 0.15) is 38.3 Å². The van der Waals surface area contributed by atoms with E-state index < -0.39 is 35.2 Å². The molecule has 3 amide bonds. The lowest BCUT2D eigenvalue weighted by atomic mass is 10.1. The minimum absolute atomic E-state index is 0.154. The highest BCUT2D eigenvalue weighted by Crippen LogP contribution is 2.44. The Balaban J connectivity index is 1.37. The maximum atomic E-state index is 13.6. The number of rotatable bonds is 4. The summed E-state index contributed by atoms with van der Waals surface area (Å²) in [5.74, 6) is 0.154. The molecule has 3 N–H and O–H groups in total. The molecule has 9 nitrogen and oxygen atoms in total. The Labute approximate surface area is 234 Å². The number of pyridine rings is 1. The molecular formula is C29H30F3N5O4. The van der Waals surface area contributed by atoms with E-state index in [0.29, 0.717) is 17.9 Å². The van der Waals surface area contributed by atoms with Crippen molar-refractivity contribution in [2.45, 2.75) is 51.2 Å². The highest BCUT2D eigenvalue weighted by atomic mass is 19.4. The molecule has 1 fully saturated rings. The lowest BCUT2D eigenvalue weighted by molar-refractivity contribution is -0.137. The highest BCUT2D eigenvalue weighted by molar-refractivity contribution is 6.05. The van der Waals surface area contributed by atoms with E-state index in [9.17, 15) is 27.9 Å². The Morgan fingerprint density at radius 1 is 1.07 bits per heavy atom. The van der Waals surface area contributed by atoms with Crippen molar-refractivity contribution in [2.75, 3.05) is 28.2 Å². The molecule has 5 rings (SSSR count). The second-order valence-electron chi connectivity index (χ2n) is 11.1. The molecule has 1 saturated heterocycles. The van der Waals surface area contributed by atoms with Crippen LogP contribution in [0, 0.1) is 0 Å². The number of nitrogens with one attached hydrogen (secondary N) is 2. The zero-order valence-electron chi connectivity index (χ0n) is 22.7. The minimum atomic E-state index is -4.52. The number of benzene rings is 2. The van der Waals surface area contributed by atoms with Gasteiger partial charge in [0.05, 0.1) is 23.5 Å². The Kier molecular flexibility index (Phi) is 7.06. The van der Waals surface area contributed by atoms with Crippen molar-refractivity contribution in [3.8, 4) is 11.3 Å². The lowest BCUT2D eigenvalue weighted by Gasteiger charge is -2.41. The zero-order chi connectivity index (χ0) is 29.6. The molecule has 2 aliphatic heterocycles. The average Bonchev–Trinajstić information content (AvgIpc) is 3.24. The monoisotopic (exact) mass is 569 g/mol. The van der Waals surface area contributed by atoms with E-state index in [1.807, 2.05) is 4.90 Å². The second kappa shape index (κ2) is 10.3. The maximum Gasteiger partial charge on any atom is 0.416 e. The number of halogens is 3. The van der Waals surface area contributed by atoms with Gasteiger partial charge in [-0.15, -0.1) is 0 Å². The van der Waals surface area contributed by atoms with Gasteiger partial charge < -0.3 is 25.4 Å². The number of ether oxygens (including phenoxy) is 1. The van der Waals surface area contributed by atoms with Crippen LogP contribution in [0.25, 0.3) is 11.3 Å². The topological polar surface area (TPSA) is 107 Å². The molecule has 0 unspecified atom stereocenters. The third kappa shape index (κ3) is 6.07. The van der Waals surface area contributed by atoms with E-state index in [-0.39, 0.29) is 36.6 Å². The first kappa shape index (κ1) is 28.2. The summed E-state index contributed by atoms with van der Waals surface area (Å²) in [5, 5.41) is 16.9. The van der Waals surface area contributed by atoms with E-state index in [4.69, 9.17) is 4.74 Å². The standard InChI is InChI=1S/C29H30F3N5O4/c1-27(2,3)41-26(39)33-16-18-7-9-21(10-8-18)34-25(38)37-24-23(36-14-13-28(37,40)17-36)12-11-22(35-24)19-5-4-6-20(15-19)29(30,31)32/h4-12,15,40H,13-14,16-17H2,1-3H3,(H,33,39)(H,34,38)/t28-/m1/s1. The first-order chi connectivity index (χ1) is 19.2. The molecule has 2 aromatic carbocycles. The van der Waals surface area contributed by atoms with Gasteiger partial charge >= 0.3 is 18.3 Å². The molecule has 1 atom stereocenters. The van der Waals surface area contributed by atoms with Crippen LogP contribution in [0.4, 0.5) is 40.0 Å². The number of fused-ring (bicyclic) bond motifs is 4. The number of carbonyl (C=O) groups excluding carboxylic acids is 2. The maximum absolute atomic E-state index is 13.6. The number of aromatic nitrogens is 1. The first-order valence-electron chi connectivity index (χ1n) is 13.0. The zero-order valence-corrected chi connectivity index (χ0v) is 22.7. The van der Waals surface area contributed by atoms with Gasteiger partial charge in [-0.25, -0.2) is 19.5 Å². The molecule has 12 heteroatoms. The minimum Gasteiger partial charge on any atom is -0.444 e. The summed E-state index contributed by atoms with van der Waals surface area (Å²) in [5.41, 5.74) is -0.690. The molecule has 1 aromatic heterocycles. The molecule has 216 valence electrons. The number of urea groups is 1. The SMILES string of the molecule is CC(C)(C)OC(=O)NCc1ccc(NC(=O)N2c3nc(-c4cccc(C(F)(F)F)c4)ccc3N3CC[C@@]2(O)C3)cc1. The van der Waals surface area contributed by atoms with Crippen molar-refractivity contribution < 1.29 is 32.6 Å². The second-order valence-corrected chi connectivity index (χ2v) is 11.1. The largest absolute Gasteiger partial charge is 0.444 e. The van der Waals surface area contributed by atoms with Gasteiger partial charge in [0.2, 0.25) is 0 Å². The number of alkyl halides is 3. The normalized spacial score (nSPS) is 18.1. The van der Waals surface area contributed by atoms with Gasteiger partial charge in [0.15, 0.2) is 11.5 Å². The third-order valence-electron chi connectivity index (χ3n) is 6.78. The summed E-state index contributed by atoms with van der Waals surface area (Å²) in [7, 11) is 0. The molecule has 0 spiro atoms. The predicted octanol–water partition coefficient (Wildman–Crippen LogP) is 5.74. The molecule has 3 aromatic rings. The first-order valence-corrected chi connectivity index (χ1v) is 13.0. The van der Waals surface area contributed by atoms with Gasteiger partial charge in [-0.05, 0) is 62.7 Å². The number of carbonyl (C=O) groups is 2. The van der Waals surface area contributed by atoms with Crippen LogP contribution in [-0.4, -0.2) is 46.6 Å². The van der Waals surface area contributed by atoms with Gasteiger partial charge in [0.1, 0.15) is 5.60 Å². The smallest absolute Gasteiger partial charge is 0.416 e. The van der Waals surface area contributed by atoms with Crippen molar-refractivity contribution in [2.24, 2.45) is 0 Å². The van der Waals surface area contributed by atoms with E-state index in [1.165, 1.54) is 17.0 Å². The fourth-order valence-electron chi connectivity index (χ4n) is 4.89. The van der Waals surface area contributed by atoms with Crippen LogP contribution < -0.4 is 20.4 Å². The van der Waals surface area contributed by atoms with Crippen LogP contribution in [-0.2, 0) is 17.5 Å². The molecular weight excluding hydrogens is 539 g/mol. The van der Waals surface area contributed by atoms with Crippen molar-refractivity contribution in [1.82, 2.24) is 10.3 Å². The van der Waals surface area contributed by atoms with Gasteiger partial charge in [-0.2, -0.15) is 13.2 Å². The van der Waals surface area contributed by atoms with Crippen molar-refractivity contribution >= 4 is 29.3 Å². The fourth-order valence-corrected chi connectivity index (χ4v) is 4.89. The van der Waals surface area contributed by atoms with E-state index in [0.717, 1.165) is 17.7 Å². The summed E-state index contributed by atoms with van der Waals surface area (Å²) in [6.45, 7) is 6.19. The number of hydrogen-bond acceptors (Lipinski definition) is 6. The Morgan fingerprint density at radius 3 is 2.49 bits per heavy atom. The predicted molar refractivity (Wildman–Crippen MR) is 147 cm³/mol. The Hall–Kier alpha value is -4.32. The molecule has 2 bridgehead atoms. The number of amides is 3. The summed E-state index contributed by atoms with van der Waals surface area (Å²) in [4.78, 5) is 33.1. The number of anilines is 3. The van der Waals surface area contributed by atoms with Crippen molar-refractivity contribution in [3.63, 3.8) is 0 Å². The summed E-state index contributed by atoms with van der Waals surface area (Å²) < 4.78 is 45.2. The number of hydrogen-bond donors (Lipinski definition) is 3. The summed E-state index contributed by atoms with van der Waals surface area (Å²) in [6, 6.07) is 14.3. The molecule has 0 saturated carbocycles. The van der Waals surface area contributed by atoms with Gasteiger partial charge in [0, 0.05) is 30.8 Å². The molecule has 0 aliphatic carbocycles. The van der Waals surface area contributed by atoms with Crippen LogP contribution in [0.5, 0.6) is 0 Å². The molecule has 3 heterocycles.